The molecular formula is C15H26O. The van der Waals surface area contributed by atoms with Crippen molar-refractivity contribution in [2.75, 3.05) is 6.61 Å². The van der Waals surface area contributed by atoms with E-state index in [1.807, 2.05) is 0 Å². The van der Waals surface area contributed by atoms with Crippen LogP contribution in [0.2, 0.25) is 0 Å². The van der Waals surface area contributed by atoms with Crippen molar-refractivity contribution < 1.29 is 4.74 Å². The highest BCUT2D eigenvalue weighted by Crippen LogP contribution is 2.65. The second-order valence-corrected chi connectivity index (χ2v) is 7.09. The zero-order valence-corrected chi connectivity index (χ0v) is 11.1. The van der Waals surface area contributed by atoms with Gasteiger partial charge < -0.3 is 4.74 Å². The van der Waals surface area contributed by atoms with E-state index >= 15 is 0 Å². The summed E-state index contributed by atoms with van der Waals surface area (Å²) in [6.45, 7) is 7.95. The molecular weight excluding hydrogens is 196 g/mol. The van der Waals surface area contributed by atoms with Gasteiger partial charge >= 0.3 is 0 Å². The lowest BCUT2D eigenvalue weighted by Gasteiger charge is -2.63. The summed E-state index contributed by atoms with van der Waals surface area (Å²) in [5, 5.41) is 0. The van der Waals surface area contributed by atoms with Crippen LogP contribution in [-0.4, -0.2) is 12.2 Å². The van der Waals surface area contributed by atoms with E-state index in [1.54, 1.807) is 0 Å². The molecule has 2 atom stereocenters. The first-order valence-electron chi connectivity index (χ1n) is 7.21. The van der Waals surface area contributed by atoms with Gasteiger partial charge in [0.2, 0.25) is 0 Å². The molecule has 4 saturated carbocycles. The van der Waals surface area contributed by atoms with Gasteiger partial charge in [-0.1, -0.05) is 13.8 Å². The third kappa shape index (κ3) is 1.47. The van der Waals surface area contributed by atoms with E-state index in [0.29, 0.717) is 11.0 Å². The normalized spacial score (nSPS) is 50.2. The fraction of sp³-hybridized carbons (Fsp3) is 1.00. The van der Waals surface area contributed by atoms with E-state index in [2.05, 4.69) is 20.8 Å². The van der Waals surface area contributed by atoms with Gasteiger partial charge in [0.05, 0.1) is 5.60 Å². The average Bonchev–Trinajstić information content (AvgIpc) is 2.14. The predicted octanol–water partition coefficient (Wildman–Crippen LogP) is 4.02. The largest absolute Gasteiger partial charge is 0.375 e. The molecule has 4 rings (SSSR count). The first-order chi connectivity index (χ1) is 7.57. The fourth-order valence-electron chi connectivity index (χ4n) is 5.40. The number of hydrogen-bond donors (Lipinski definition) is 0. The van der Waals surface area contributed by atoms with Gasteiger partial charge in [0, 0.05) is 6.61 Å². The highest BCUT2D eigenvalue weighted by atomic mass is 16.5. The molecule has 4 aliphatic rings. The Morgan fingerprint density at radius 3 is 2.25 bits per heavy atom. The second-order valence-electron chi connectivity index (χ2n) is 7.09. The van der Waals surface area contributed by atoms with Gasteiger partial charge in [-0.15, -0.1) is 0 Å². The van der Waals surface area contributed by atoms with E-state index in [4.69, 9.17) is 4.74 Å². The Bertz CT molecular complexity index is 267. The minimum absolute atomic E-state index is 0.295. The molecule has 0 amide bonds. The predicted molar refractivity (Wildman–Crippen MR) is 66.3 cm³/mol. The SMILES string of the molecule is CCOC12CC3CC(C1)CC(C(C)C)(C3)C2. The van der Waals surface area contributed by atoms with Crippen LogP contribution in [0.4, 0.5) is 0 Å². The average molecular weight is 222 g/mol. The summed E-state index contributed by atoms with van der Waals surface area (Å²) < 4.78 is 6.22. The van der Waals surface area contributed by atoms with Crippen LogP contribution in [0.1, 0.15) is 59.3 Å². The van der Waals surface area contributed by atoms with Gasteiger partial charge in [-0.2, -0.15) is 0 Å². The van der Waals surface area contributed by atoms with Gasteiger partial charge in [-0.05, 0) is 68.6 Å². The molecule has 0 N–H and O–H groups in total. The van der Waals surface area contributed by atoms with Crippen molar-refractivity contribution in [1.82, 2.24) is 0 Å². The lowest BCUT2D eigenvalue weighted by Crippen LogP contribution is -2.58. The topological polar surface area (TPSA) is 9.23 Å². The van der Waals surface area contributed by atoms with Crippen LogP contribution in [0.3, 0.4) is 0 Å². The molecule has 4 bridgehead atoms. The number of rotatable bonds is 3. The molecule has 92 valence electrons. The molecule has 4 fully saturated rings. The molecule has 0 aromatic heterocycles. The molecule has 0 spiro atoms. The van der Waals surface area contributed by atoms with Gasteiger partial charge in [0.25, 0.3) is 0 Å². The molecule has 0 aromatic carbocycles. The Hall–Kier alpha value is -0.0400. The van der Waals surface area contributed by atoms with E-state index < -0.39 is 0 Å². The first-order valence-corrected chi connectivity index (χ1v) is 7.21. The third-order valence-corrected chi connectivity index (χ3v) is 5.73. The van der Waals surface area contributed by atoms with Crippen LogP contribution < -0.4 is 0 Å². The minimum atomic E-state index is 0.295. The quantitative estimate of drug-likeness (QED) is 0.701. The molecule has 16 heavy (non-hydrogen) atoms. The summed E-state index contributed by atoms with van der Waals surface area (Å²) in [4.78, 5) is 0. The molecule has 2 unspecified atom stereocenters. The Balaban J connectivity index is 1.90. The number of ether oxygens (including phenoxy) is 1. The van der Waals surface area contributed by atoms with Crippen LogP contribution in [0.15, 0.2) is 0 Å². The van der Waals surface area contributed by atoms with E-state index in [0.717, 1.165) is 24.4 Å². The molecule has 0 aromatic rings. The van der Waals surface area contributed by atoms with E-state index in [1.165, 1.54) is 38.5 Å². The van der Waals surface area contributed by atoms with Crippen molar-refractivity contribution in [1.29, 1.82) is 0 Å². The minimum Gasteiger partial charge on any atom is -0.375 e. The lowest BCUT2D eigenvalue weighted by molar-refractivity contribution is -0.201. The molecule has 0 radical (unpaired) electrons. The summed E-state index contributed by atoms with van der Waals surface area (Å²) in [5.41, 5.74) is 0.933. The van der Waals surface area contributed by atoms with Crippen molar-refractivity contribution in [2.24, 2.45) is 23.2 Å². The molecule has 0 saturated heterocycles. The smallest absolute Gasteiger partial charge is 0.0693 e. The van der Waals surface area contributed by atoms with Gasteiger partial charge in [0.15, 0.2) is 0 Å². The van der Waals surface area contributed by atoms with Gasteiger partial charge in [0.1, 0.15) is 0 Å². The molecule has 1 heteroatoms. The van der Waals surface area contributed by atoms with Crippen molar-refractivity contribution in [3.8, 4) is 0 Å². The Kier molecular flexibility index (Phi) is 2.41. The fourth-order valence-corrected chi connectivity index (χ4v) is 5.40. The highest BCUT2D eigenvalue weighted by Gasteiger charge is 2.58. The van der Waals surface area contributed by atoms with Crippen LogP contribution in [-0.2, 0) is 4.74 Å². The molecule has 0 aliphatic heterocycles. The first kappa shape index (κ1) is 11.1. The Morgan fingerprint density at radius 2 is 1.75 bits per heavy atom. The molecule has 4 aliphatic carbocycles. The van der Waals surface area contributed by atoms with Crippen molar-refractivity contribution in [3.05, 3.63) is 0 Å². The third-order valence-electron chi connectivity index (χ3n) is 5.73. The van der Waals surface area contributed by atoms with Crippen LogP contribution in [0.5, 0.6) is 0 Å². The second kappa shape index (κ2) is 3.48. The van der Waals surface area contributed by atoms with Crippen LogP contribution in [0, 0.1) is 23.2 Å². The lowest BCUT2D eigenvalue weighted by atomic mass is 9.45. The number of hydrogen-bond acceptors (Lipinski definition) is 1. The van der Waals surface area contributed by atoms with E-state index in [-0.39, 0.29) is 0 Å². The summed E-state index contributed by atoms with van der Waals surface area (Å²) in [5.74, 6) is 2.81. The van der Waals surface area contributed by atoms with Crippen molar-refractivity contribution >= 4 is 0 Å². The maximum absolute atomic E-state index is 6.22. The van der Waals surface area contributed by atoms with Crippen molar-refractivity contribution in [2.45, 2.75) is 64.9 Å². The van der Waals surface area contributed by atoms with Crippen LogP contribution in [0.25, 0.3) is 0 Å². The standard InChI is InChI=1S/C15H26O/c1-4-16-15-8-12-5-13(9-15)7-14(6-12,10-15)11(2)3/h11-13H,4-10H2,1-3H3. The summed E-state index contributed by atoms with van der Waals surface area (Å²) in [6.07, 6.45) is 8.59. The maximum atomic E-state index is 6.22. The van der Waals surface area contributed by atoms with Gasteiger partial charge in [-0.3, -0.25) is 0 Å². The maximum Gasteiger partial charge on any atom is 0.0693 e. The highest BCUT2D eigenvalue weighted by molar-refractivity contribution is 5.09. The zero-order valence-electron chi connectivity index (χ0n) is 11.1. The summed E-state index contributed by atoms with van der Waals surface area (Å²) >= 11 is 0. The van der Waals surface area contributed by atoms with E-state index in [9.17, 15) is 0 Å². The Labute approximate surface area is 99.9 Å². The van der Waals surface area contributed by atoms with Crippen molar-refractivity contribution in [3.63, 3.8) is 0 Å². The zero-order chi connectivity index (χ0) is 11.4. The summed E-state index contributed by atoms with van der Waals surface area (Å²) in [6, 6.07) is 0. The summed E-state index contributed by atoms with van der Waals surface area (Å²) in [7, 11) is 0. The molecule has 0 heterocycles. The Morgan fingerprint density at radius 1 is 1.12 bits per heavy atom. The van der Waals surface area contributed by atoms with Gasteiger partial charge in [-0.25, -0.2) is 0 Å². The molecule has 1 nitrogen and oxygen atoms in total. The van der Waals surface area contributed by atoms with Crippen LogP contribution >= 0.6 is 0 Å². The monoisotopic (exact) mass is 222 g/mol.